The fourth-order valence-electron chi connectivity index (χ4n) is 2.34. The van der Waals surface area contributed by atoms with Crippen molar-refractivity contribution in [1.82, 2.24) is 5.06 Å². The molecule has 2 aliphatic heterocycles. The molecule has 2 aliphatic rings. The van der Waals surface area contributed by atoms with Gasteiger partial charge in [0.15, 0.2) is 0 Å². The van der Waals surface area contributed by atoms with Crippen molar-refractivity contribution in [2.75, 3.05) is 13.2 Å². The maximum Gasteiger partial charge on any atom is 0.372 e. The van der Waals surface area contributed by atoms with Crippen LogP contribution in [0.25, 0.3) is 0 Å². The number of hydrogen-bond acceptors (Lipinski definition) is 5. The van der Waals surface area contributed by atoms with Gasteiger partial charge in [0.1, 0.15) is 0 Å². The Kier molecular flexibility index (Phi) is 3.21. The van der Waals surface area contributed by atoms with Crippen LogP contribution in [0, 0.1) is 0 Å². The predicted octanol–water partition coefficient (Wildman–Crippen LogP) is 1.26. The van der Waals surface area contributed by atoms with E-state index in [2.05, 4.69) is 0 Å². The molecule has 0 radical (unpaired) electrons. The van der Waals surface area contributed by atoms with Crippen LogP contribution < -0.4 is 0 Å². The van der Waals surface area contributed by atoms with E-state index in [0.29, 0.717) is 18.1 Å². The van der Waals surface area contributed by atoms with Gasteiger partial charge in [-0.05, 0) is 25.0 Å². The lowest BCUT2D eigenvalue weighted by atomic mass is 9.99. The second-order valence-electron chi connectivity index (χ2n) is 4.95. The topological polar surface area (TPSA) is 72.9 Å². The summed E-state index contributed by atoms with van der Waals surface area (Å²) in [4.78, 5) is 40.6. The molecule has 0 spiro atoms. The number of hydrogen-bond donors (Lipinski definition) is 0. The van der Waals surface area contributed by atoms with Crippen molar-refractivity contribution in [3.63, 3.8) is 0 Å². The van der Waals surface area contributed by atoms with Gasteiger partial charge in [0.05, 0.1) is 17.7 Å². The van der Waals surface area contributed by atoms with Crippen molar-refractivity contribution < 1.29 is 28.3 Å². The molecule has 0 aromatic heterocycles. The summed E-state index contributed by atoms with van der Waals surface area (Å²) < 4.78 is 19.3. The summed E-state index contributed by atoms with van der Waals surface area (Å²) in [5.74, 6) is -2.83. The molecular formula is C14H12FNO5. The van der Waals surface area contributed by atoms with Gasteiger partial charge in [-0.1, -0.05) is 17.2 Å². The van der Waals surface area contributed by atoms with Crippen LogP contribution >= 0.6 is 0 Å². The third-order valence-electron chi connectivity index (χ3n) is 3.49. The van der Waals surface area contributed by atoms with E-state index < -0.39 is 30.1 Å². The molecule has 0 saturated carbocycles. The number of ether oxygens (including phenoxy) is 1. The first-order valence-electron chi connectivity index (χ1n) is 6.50. The summed E-state index contributed by atoms with van der Waals surface area (Å²) in [5.41, 5.74) is -2.07. The Bertz CT molecular complexity index is 589. The molecule has 1 unspecified atom stereocenters. The minimum atomic E-state index is -2.33. The average Bonchev–Trinajstić information content (AvgIpc) is 2.74. The zero-order valence-electron chi connectivity index (χ0n) is 11.0. The van der Waals surface area contributed by atoms with Gasteiger partial charge in [-0.15, -0.1) is 0 Å². The predicted molar refractivity (Wildman–Crippen MR) is 66.9 cm³/mol. The Morgan fingerprint density at radius 2 is 1.86 bits per heavy atom. The summed E-state index contributed by atoms with van der Waals surface area (Å²) in [7, 11) is 0. The largest absolute Gasteiger partial charge is 0.377 e. The fourth-order valence-corrected chi connectivity index (χ4v) is 2.34. The van der Waals surface area contributed by atoms with E-state index in [-0.39, 0.29) is 17.5 Å². The normalized spacial score (nSPS) is 24.9. The average molecular weight is 293 g/mol. The van der Waals surface area contributed by atoms with Gasteiger partial charge in [0.25, 0.3) is 11.8 Å². The Balaban J connectivity index is 1.79. The summed E-state index contributed by atoms with van der Waals surface area (Å²) in [6.45, 7) is -0.0685. The first kappa shape index (κ1) is 13.7. The van der Waals surface area contributed by atoms with Gasteiger partial charge in [-0.25, -0.2) is 9.18 Å². The molecule has 110 valence electrons. The summed E-state index contributed by atoms with van der Waals surface area (Å²) >= 11 is 0. The zero-order chi connectivity index (χ0) is 15.0. The monoisotopic (exact) mass is 293 g/mol. The lowest BCUT2D eigenvalue weighted by molar-refractivity contribution is -0.191. The molecule has 6 nitrogen and oxygen atoms in total. The van der Waals surface area contributed by atoms with Crippen molar-refractivity contribution in [3.05, 3.63) is 35.4 Å². The van der Waals surface area contributed by atoms with E-state index in [1.54, 1.807) is 12.1 Å². The smallest absolute Gasteiger partial charge is 0.372 e. The SMILES string of the molecule is O=C1c2ccccc2C(=O)N1OC(=O)C1(F)CCCOC1. The van der Waals surface area contributed by atoms with Crippen LogP contribution in [0.5, 0.6) is 0 Å². The van der Waals surface area contributed by atoms with Crippen LogP contribution in [0.15, 0.2) is 24.3 Å². The molecule has 2 amide bonds. The van der Waals surface area contributed by atoms with Crippen molar-refractivity contribution >= 4 is 17.8 Å². The Hall–Kier alpha value is -2.28. The van der Waals surface area contributed by atoms with Crippen LogP contribution in [-0.2, 0) is 14.4 Å². The summed E-state index contributed by atoms with van der Waals surface area (Å²) in [5, 5.41) is 0.308. The minimum absolute atomic E-state index is 0.0605. The lowest BCUT2D eigenvalue weighted by Gasteiger charge is -2.27. The molecule has 21 heavy (non-hydrogen) atoms. The number of amides is 2. The highest BCUT2D eigenvalue weighted by Gasteiger charge is 2.47. The van der Waals surface area contributed by atoms with Crippen LogP contribution in [0.4, 0.5) is 4.39 Å². The van der Waals surface area contributed by atoms with Crippen molar-refractivity contribution in [2.45, 2.75) is 18.5 Å². The second-order valence-corrected chi connectivity index (χ2v) is 4.95. The number of carbonyl (C=O) groups excluding carboxylic acids is 3. The highest BCUT2D eigenvalue weighted by Crippen LogP contribution is 2.28. The number of halogens is 1. The molecule has 1 saturated heterocycles. The third-order valence-corrected chi connectivity index (χ3v) is 3.49. The molecule has 7 heteroatoms. The van der Waals surface area contributed by atoms with Crippen LogP contribution in [0.2, 0.25) is 0 Å². The number of fused-ring (bicyclic) bond motifs is 1. The molecule has 1 aromatic carbocycles. The van der Waals surface area contributed by atoms with Gasteiger partial charge in [0.2, 0.25) is 5.67 Å². The Labute approximate surface area is 119 Å². The van der Waals surface area contributed by atoms with Gasteiger partial charge in [-0.3, -0.25) is 9.59 Å². The minimum Gasteiger partial charge on any atom is -0.377 e. The molecule has 2 heterocycles. The zero-order valence-corrected chi connectivity index (χ0v) is 11.0. The second kappa shape index (κ2) is 4.92. The van der Waals surface area contributed by atoms with Gasteiger partial charge in [0, 0.05) is 6.61 Å². The van der Waals surface area contributed by atoms with Crippen molar-refractivity contribution in [2.24, 2.45) is 0 Å². The van der Waals surface area contributed by atoms with E-state index in [0.717, 1.165) is 0 Å². The third kappa shape index (κ3) is 2.19. The Morgan fingerprint density at radius 3 is 2.38 bits per heavy atom. The van der Waals surface area contributed by atoms with Gasteiger partial charge < -0.3 is 9.57 Å². The van der Waals surface area contributed by atoms with E-state index in [1.807, 2.05) is 0 Å². The number of nitrogens with zero attached hydrogens (tertiary/aromatic N) is 1. The Morgan fingerprint density at radius 1 is 1.24 bits per heavy atom. The standard InChI is InChI=1S/C14H12FNO5/c15-14(6-3-7-20-8-14)13(19)21-16-11(17)9-4-1-2-5-10(9)12(16)18/h1-2,4-5H,3,6-8H2. The number of imide groups is 1. The number of alkyl halides is 1. The first-order chi connectivity index (χ1) is 10.0. The summed E-state index contributed by atoms with van der Waals surface area (Å²) in [6, 6.07) is 6.05. The summed E-state index contributed by atoms with van der Waals surface area (Å²) in [6.07, 6.45) is 0.308. The fraction of sp³-hybridized carbons (Fsp3) is 0.357. The van der Waals surface area contributed by atoms with E-state index in [4.69, 9.17) is 9.57 Å². The molecule has 3 rings (SSSR count). The van der Waals surface area contributed by atoms with Crippen molar-refractivity contribution in [3.8, 4) is 0 Å². The highest BCUT2D eigenvalue weighted by molar-refractivity contribution is 6.20. The van der Waals surface area contributed by atoms with Crippen LogP contribution in [0.1, 0.15) is 33.6 Å². The molecule has 0 N–H and O–H groups in total. The molecule has 1 fully saturated rings. The number of carbonyl (C=O) groups is 3. The van der Waals surface area contributed by atoms with E-state index >= 15 is 0 Å². The van der Waals surface area contributed by atoms with Crippen LogP contribution in [0.3, 0.4) is 0 Å². The number of rotatable bonds is 2. The molecular weight excluding hydrogens is 281 g/mol. The lowest BCUT2D eigenvalue weighted by Crippen LogP contribution is -2.47. The number of hydroxylamine groups is 2. The first-order valence-corrected chi connectivity index (χ1v) is 6.50. The van der Waals surface area contributed by atoms with E-state index in [1.165, 1.54) is 12.1 Å². The van der Waals surface area contributed by atoms with Crippen LogP contribution in [-0.4, -0.2) is 41.7 Å². The maximum atomic E-state index is 14.4. The maximum absolute atomic E-state index is 14.4. The van der Waals surface area contributed by atoms with Gasteiger partial charge in [-0.2, -0.15) is 0 Å². The quantitative estimate of drug-likeness (QED) is 0.768. The number of benzene rings is 1. The highest BCUT2D eigenvalue weighted by atomic mass is 19.1. The molecule has 0 bridgehead atoms. The molecule has 0 aliphatic carbocycles. The van der Waals surface area contributed by atoms with Gasteiger partial charge >= 0.3 is 5.97 Å². The van der Waals surface area contributed by atoms with Crippen molar-refractivity contribution in [1.29, 1.82) is 0 Å². The van der Waals surface area contributed by atoms with E-state index in [9.17, 15) is 18.8 Å². The molecule has 1 aromatic rings. The molecule has 1 atom stereocenters.